The Bertz CT molecular complexity index is 672. The third kappa shape index (κ3) is 5.66. The highest BCUT2D eigenvalue weighted by atomic mass is 16.5. The van der Waals surface area contributed by atoms with E-state index in [1.54, 1.807) is 54.6 Å². The van der Waals surface area contributed by atoms with Crippen LogP contribution in [0.1, 0.15) is 23.5 Å². The molecule has 0 spiro atoms. The fraction of sp³-hybridized carbons (Fsp3) is 0.167. The number of esters is 2. The van der Waals surface area contributed by atoms with Gasteiger partial charge < -0.3 is 14.6 Å². The Balaban J connectivity index is 0.000000443. The summed E-state index contributed by atoms with van der Waals surface area (Å²) in [6, 6.07) is 16.9. The highest BCUT2D eigenvalue weighted by Gasteiger charge is 2.16. The molecule has 1 unspecified atom stereocenters. The van der Waals surface area contributed by atoms with Crippen LogP contribution in [0, 0.1) is 0 Å². The van der Waals surface area contributed by atoms with E-state index >= 15 is 0 Å². The average Bonchev–Trinajstić information content (AvgIpc) is 2.67. The summed E-state index contributed by atoms with van der Waals surface area (Å²) in [7, 11) is 2.43. The molecule has 0 saturated carbocycles. The van der Waals surface area contributed by atoms with Crippen molar-refractivity contribution in [2.45, 2.75) is 6.10 Å². The minimum Gasteiger partial charge on any atom is -0.467 e. The number of benzene rings is 2. The number of carbonyl (C=O) groups excluding carboxylic acids is 3. The summed E-state index contributed by atoms with van der Waals surface area (Å²) in [6.07, 6.45) is -1.17. The van der Waals surface area contributed by atoms with E-state index in [1.165, 1.54) is 14.2 Å². The smallest absolute Gasteiger partial charge is 0.379 e. The molecule has 1 atom stereocenters. The molecule has 2 aromatic carbocycles. The Hall–Kier alpha value is -2.99. The lowest BCUT2D eigenvalue weighted by Gasteiger charge is -2.07. The Morgan fingerprint density at radius 2 is 1.38 bits per heavy atom. The zero-order valence-corrected chi connectivity index (χ0v) is 13.3. The lowest BCUT2D eigenvalue weighted by Crippen LogP contribution is -2.15. The van der Waals surface area contributed by atoms with E-state index in [1.807, 2.05) is 6.07 Å². The average molecular weight is 332 g/mol. The van der Waals surface area contributed by atoms with E-state index < -0.39 is 23.8 Å². The molecule has 0 aliphatic rings. The van der Waals surface area contributed by atoms with Crippen LogP contribution >= 0.6 is 0 Å². The number of aliphatic hydroxyl groups excluding tert-OH is 1. The summed E-state index contributed by atoms with van der Waals surface area (Å²) in [5, 5.41) is 9.31. The molecule has 0 aliphatic heterocycles. The van der Waals surface area contributed by atoms with E-state index in [9.17, 15) is 19.5 Å². The summed E-state index contributed by atoms with van der Waals surface area (Å²) in [5.41, 5.74) is 0.897. The summed E-state index contributed by atoms with van der Waals surface area (Å²) in [6.45, 7) is 0. The van der Waals surface area contributed by atoms with Crippen LogP contribution in [0.5, 0.6) is 0 Å². The first kappa shape index (κ1) is 19.1. The van der Waals surface area contributed by atoms with Gasteiger partial charge in [0.25, 0.3) is 5.78 Å². The van der Waals surface area contributed by atoms with Crippen molar-refractivity contribution in [1.82, 2.24) is 0 Å². The molecule has 0 aromatic heterocycles. The number of aliphatic hydroxyl groups is 1. The minimum absolute atomic E-state index is 0. The standard InChI is InChI=1S/C9H10O3.C9H8O3.H2/c2*1-12-9(11)8(10)7-5-3-2-4-6-7;/h2-6,8,10H,1H3;2-6H,1H3;1H. The van der Waals surface area contributed by atoms with E-state index in [0.717, 1.165) is 0 Å². The third-order valence-electron chi connectivity index (χ3n) is 2.95. The van der Waals surface area contributed by atoms with Gasteiger partial charge in [0.05, 0.1) is 14.2 Å². The number of ketones is 1. The lowest BCUT2D eigenvalue weighted by molar-refractivity contribution is -0.150. The first-order chi connectivity index (χ1) is 11.5. The Morgan fingerprint density at radius 1 is 0.875 bits per heavy atom. The molecule has 0 fully saturated rings. The Kier molecular flexibility index (Phi) is 7.87. The lowest BCUT2D eigenvalue weighted by atomic mass is 10.1. The zero-order valence-electron chi connectivity index (χ0n) is 13.3. The molecule has 2 rings (SSSR count). The molecule has 0 amide bonds. The molecule has 24 heavy (non-hydrogen) atoms. The van der Waals surface area contributed by atoms with Crippen molar-refractivity contribution in [3.8, 4) is 0 Å². The number of methoxy groups -OCH3 is 2. The van der Waals surface area contributed by atoms with Gasteiger partial charge in [0, 0.05) is 6.99 Å². The predicted molar refractivity (Wildman–Crippen MR) is 88.3 cm³/mol. The number of hydrogen-bond acceptors (Lipinski definition) is 6. The van der Waals surface area contributed by atoms with Gasteiger partial charge in [-0.3, -0.25) is 4.79 Å². The summed E-state index contributed by atoms with van der Waals surface area (Å²) in [5.74, 6) is -2.08. The van der Waals surface area contributed by atoms with Crippen molar-refractivity contribution in [3.05, 3.63) is 71.8 Å². The van der Waals surface area contributed by atoms with Crippen LogP contribution in [0.2, 0.25) is 0 Å². The maximum absolute atomic E-state index is 11.1. The summed E-state index contributed by atoms with van der Waals surface area (Å²) >= 11 is 0. The fourth-order valence-electron chi connectivity index (χ4n) is 1.68. The summed E-state index contributed by atoms with van der Waals surface area (Å²) < 4.78 is 8.66. The Labute approximate surface area is 141 Å². The molecule has 0 heterocycles. The molecule has 0 radical (unpaired) electrons. The quantitative estimate of drug-likeness (QED) is 0.524. The van der Waals surface area contributed by atoms with E-state index in [4.69, 9.17) is 0 Å². The molecule has 0 saturated heterocycles. The van der Waals surface area contributed by atoms with Crippen LogP contribution < -0.4 is 0 Å². The second kappa shape index (κ2) is 9.91. The van der Waals surface area contributed by atoms with Gasteiger partial charge in [0.15, 0.2) is 6.10 Å². The normalized spacial score (nSPS) is 10.6. The number of ether oxygens (including phenoxy) is 2. The zero-order chi connectivity index (χ0) is 17.9. The fourth-order valence-corrected chi connectivity index (χ4v) is 1.68. The monoisotopic (exact) mass is 332 g/mol. The highest BCUT2D eigenvalue weighted by Crippen LogP contribution is 2.12. The van der Waals surface area contributed by atoms with E-state index in [-0.39, 0.29) is 1.43 Å². The van der Waals surface area contributed by atoms with Gasteiger partial charge in [-0.05, 0) is 5.56 Å². The van der Waals surface area contributed by atoms with Crippen LogP contribution in [0.15, 0.2) is 60.7 Å². The number of Topliss-reactive ketones (excluding diaryl/α,β-unsaturated/α-hetero) is 1. The van der Waals surface area contributed by atoms with Crippen molar-refractivity contribution in [2.75, 3.05) is 14.2 Å². The number of rotatable bonds is 4. The van der Waals surface area contributed by atoms with E-state index in [2.05, 4.69) is 9.47 Å². The van der Waals surface area contributed by atoms with Gasteiger partial charge in [-0.25, -0.2) is 9.59 Å². The van der Waals surface area contributed by atoms with Gasteiger partial charge in [-0.1, -0.05) is 60.7 Å². The SMILES string of the molecule is COC(=O)C(=O)c1ccccc1.COC(=O)C(O)c1ccccc1.[HH]. The van der Waals surface area contributed by atoms with E-state index in [0.29, 0.717) is 11.1 Å². The molecule has 6 heteroatoms. The molecule has 2 aromatic rings. The number of carbonyl (C=O) groups is 3. The molecular formula is C18H20O6. The number of hydrogen-bond donors (Lipinski definition) is 1. The maximum atomic E-state index is 11.1. The van der Waals surface area contributed by atoms with Gasteiger partial charge >= 0.3 is 11.9 Å². The Morgan fingerprint density at radius 3 is 1.83 bits per heavy atom. The van der Waals surface area contributed by atoms with Crippen molar-refractivity contribution >= 4 is 17.7 Å². The predicted octanol–water partition coefficient (Wildman–Crippen LogP) is 2.18. The van der Waals surface area contributed by atoms with Crippen LogP contribution in [-0.4, -0.2) is 37.0 Å². The largest absolute Gasteiger partial charge is 0.467 e. The van der Waals surface area contributed by atoms with Crippen molar-refractivity contribution in [2.24, 2.45) is 0 Å². The van der Waals surface area contributed by atoms with Crippen LogP contribution in [0.3, 0.4) is 0 Å². The van der Waals surface area contributed by atoms with Crippen molar-refractivity contribution < 1.29 is 30.4 Å². The van der Waals surface area contributed by atoms with Crippen LogP contribution in [-0.2, 0) is 19.1 Å². The van der Waals surface area contributed by atoms with Gasteiger partial charge in [0.1, 0.15) is 0 Å². The molecule has 128 valence electrons. The van der Waals surface area contributed by atoms with Gasteiger partial charge in [-0.2, -0.15) is 0 Å². The van der Waals surface area contributed by atoms with Crippen molar-refractivity contribution in [3.63, 3.8) is 0 Å². The van der Waals surface area contributed by atoms with Gasteiger partial charge in [0.2, 0.25) is 0 Å². The third-order valence-corrected chi connectivity index (χ3v) is 2.95. The second-order valence-electron chi connectivity index (χ2n) is 4.52. The minimum atomic E-state index is -1.17. The highest BCUT2D eigenvalue weighted by molar-refractivity contribution is 6.40. The first-order valence-corrected chi connectivity index (χ1v) is 6.99. The van der Waals surface area contributed by atoms with Crippen molar-refractivity contribution in [1.29, 1.82) is 0 Å². The van der Waals surface area contributed by atoms with Crippen LogP contribution in [0.4, 0.5) is 0 Å². The first-order valence-electron chi connectivity index (χ1n) is 6.99. The van der Waals surface area contributed by atoms with Crippen LogP contribution in [0.25, 0.3) is 0 Å². The van der Waals surface area contributed by atoms with Gasteiger partial charge in [-0.15, -0.1) is 0 Å². The maximum Gasteiger partial charge on any atom is 0.379 e. The molecular weight excluding hydrogens is 312 g/mol. The topological polar surface area (TPSA) is 89.9 Å². The molecule has 1 N–H and O–H groups in total. The molecule has 6 nitrogen and oxygen atoms in total. The molecule has 0 aliphatic carbocycles. The molecule has 0 bridgehead atoms. The second-order valence-corrected chi connectivity index (χ2v) is 4.52. The summed E-state index contributed by atoms with van der Waals surface area (Å²) in [4.78, 5) is 32.7.